The second-order valence-corrected chi connectivity index (χ2v) is 3.48. The van der Waals surface area contributed by atoms with E-state index < -0.39 is 0 Å². The average molecular weight is 222 g/mol. The van der Waals surface area contributed by atoms with Gasteiger partial charge in [-0.3, -0.25) is 5.11 Å². The van der Waals surface area contributed by atoms with Crippen LogP contribution < -0.4 is 0 Å². The molecule has 1 radical (unpaired) electrons. The largest absolute Gasteiger partial charge is 0.290 e. The van der Waals surface area contributed by atoms with Gasteiger partial charge >= 0.3 is 0 Å². The standard InChI is InChI=1S/C10H6BrO/c11-10-3-1-2-7-4-5-8(12)6-9(7)10/h1-6H. The summed E-state index contributed by atoms with van der Waals surface area (Å²) in [4.78, 5) is 0. The van der Waals surface area contributed by atoms with Crippen LogP contribution in [0.2, 0.25) is 0 Å². The second-order valence-electron chi connectivity index (χ2n) is 2.62. The SMILES string of the molecule is [O]c1ccc2cccc(Br)c2c1. The molecule has 0 saturated heterocycles. The molecule has 59 valence electrons. The predicted molar refractivity (Wildman–Crippen MR) is 51.8 cm³/mol. The topological polar surface area (TPSA) is 19.9 Å². The predicted octanol–water partition coefficient (Wildman–Crippen LogP) is 3.75. The van der Waals surface area contributed by atoms with E-state index in [4.69, 9.17) is 0 Å². The fourth-order valence-electron chi connectivity index (χ4n) is 1.21. The molecule has 2 aromatic rings. The summed E-state index contributed by atoms with van der Waals surface area (Å²) < 4.78 is 0.970. The molecular formula is C10H6BrO. The summed E-state index contributed by atoms with van der Waals surface area (Å²) in [5.41, 5.74) is 0. The lowest BCUT2D eigenvalue weighted by Gasteiger charge is -1.98. The summed E-state index contributed by atoms with van der Waals surface area (Å²) in [7, 11) is 0. The van der Waals surface area contributed by atoms with Gasteiger partial charge in [-0.15, -0.1) is 0 Å². The van der Waals surface area contributed by atoms with Gasteiger partial charge in [-0.25, -0.2) is 0 Å². The molecule has 0 aromatic heterocycles. The molecule has 0 fully saturated rings. The highest BCUT2D eigenvalue weighted by Gasteiger charge is 1.98. The van der Waals surface area contributed by atoms with Crippen molar-refractivity contribution in [3.8, 4) is 5.75 Å². The van der Waals surface area contributed by atoms with Crippen LogP contribution in [0, 0.1) is 0 Å². The Bertz CT molecular complexity index is 423. The van der Waals surface area contributed by atoms with Crippen LogP contribution in [0.3, 0.4) is 0 Å². The number of rotatable bonds is 0. The van der Waals surface area contributed by atoms with Gasteiger partial charge < -0.3 is 0 Å². The van der Waals surface area contributed by atoms with Crippen molar-refractivity contribution in [1.29, 1.82) is 0 Å². The van der Waals surface area contributed by atoms with Crippen LogP contribution in [0.5, 0.6) is 5.75 Å². The fraction of sp³-hybridized carbons (Fsp3) is 0. The molecule has 1 nitrogen and oxygen atoms in total. The molecule has 0 unspecified atom stereocenters. The Labute approximate surface area is 78.8 Å². The number of halogens is 1. The minimum atomic E-state index is 0.0504. The van der Waals surface area contributed by atoms with E-state index in [-0.39, 0.29) is 5.75 Å². The molecule has 2 aromatic carbocycles. The lowest BCUT2D eigenvalue weighted by atomic mass is 10.1. The van der Waals surface area contributed by atoms with Gasteiger partial charge in [-0.2, -0.15) is 0 Å². The maximum Gasteiger partial charge on any atom is 0.179 e. The van der Waals surface area contributed by atoms with Crippen molar-refractivity contribution in [2.45, 2.75) is 0 Å². The van der Waals surface area contributed by atoms with Gasteiger partial charge in [0.15, 0.2) is 5.75 Å². The van der Waals surface area contributed by atoms with Crippen LogP contribution in [0.4, 0.5) is 0 Å². The minimum absolute atomic E-state index is 0.0504. The van der Waals surface area contributed by atoms with Gasteiger partial charge in [0.2, 0.25) is 0 Å². The molecule has 0 spiro atoms. The summed E-state index contributed by atoms with van der Waals surface area (Å²) in [5, 5.41) is 13.1. The van der Waals surface area contributed by atoms with Gasteiger partial charge in [0.05, 0.1) is 0 Å². The summed E-state index contributed by atoms with van der Waals surface area (Å²) in [6.45, 7) is 0. The van der Waals surface area contributed by atoms with Crippen molar-refractivity contribution < 1.29 is 5.11 Å². The zero-order chi connectivity index (χ0) is 8.55. The van der Waals surface area contributed by atoms with Crippen LogP contribution >= 0.6 is 15.9 Å². The summed E-state index contributed by atoms with van der Waals surface area (Å²) >= 11 is 3.39. The Morgan fingerprint density at radius 3 is 2.75 bits per heavy atom. The van der Waals surface area contributed by atoms with E-state index in [1.54, 1.807) is 12.1 Å². The Morgan fingerprint density at radius 2 is 1.92 bits per heavy atom. The second kappa shape index (κ2) is 2.79. The molecule has 0 aliphatic heterocycles. The zero-order valence-corrected chi connectivity index (χ0v) is 7.84. The van der Waals surface area contributed by atoms with E-state index in [9.17, 15) is 5.11 Å². The first-order valence-electron chi connectivity index (χ1n) is 3.63. The van der Waals surface area contributed by atoms with Gasteiger partial charge in [-0.1, -0.05) is 34.1 Å². The quantitative estimate of drug-likeness (QED) is 0.646. The summed E-state index contributed by atoms with van der Waals surface area (Å²) in [5.74, 6) is 0.0504. The highest BCUT2D eigenvalue weighted by molar-refractivity contribution is 9.10. The minimum Gasteiger partial charge on any atom is -0.290 e. The number of benzene rings is 2. The molecule has 0 N–H and O–H groups in total. The smallest absolute Gasteiger partial charge is 0.179 e. The number of hydrogen-bond acceptors (Lipinski definition) is 0. The van der Waals surface area contributed by atoms with Crippen molar-refractivity contribution in [1.82, 2.24) is 0 Å². The summed E-state index contributed by atoms with van der Waals surface area (Å²) in [6.07, 6.45) is 0. The molecular weight excluding hydrogens is 216 g/mol. The highest BCUT2D eigenvalue weighted by atomic mass is 79.9. The number of fused-ring (bicyclic) bond motifs is 1. The molecule has 0 amide bonds. The van der Waals surface area contributed by atoms with Gasteiger partial charge in [0.1, 0.15) is 0 Å². The van der Waals surface area contributed by atoms with Crippen LogP contribution in [0.1, 0.15) is 0 Å². The molecule has 0 atom stereocenters. The normalized spacial score (nSPS) is 10.4. The zero-order valence-electron chi connectivity index (χ0n) is 6.25. The Hall–Kier alpha value is -1.02. The number of hydrogen-bond donors (Lipinski definition) is 0. The van der Waals surface area contributed by atoms with Crippen molar-refractivity contribution in [2.75, 3.05) is 0 Å². The molecule has 12 heavy (non-hydrogen) atoms. The molecule has 0 heterocycles. The molecule has 0 bridgehead atoms. The summed E-state index contributed by atoms with van der Waals surface area (Å²) in [6, 6.07) is 10.9. The van der Waals surface area contributed by atoms with Crippen molar-refractivity contribution >= 4 is 26.7 Å². The first kappa shape index (κ1) is 7.62. The molecule has 0 aliphatic rings. The maximum absolute atomic E-state index is 11.0. The van der Waals surface area contributed by atoms with Crippen LogP contribution in [-0.4, -0.2) is 0 Å². The Kier molecular flexibility index (Phi) is 1.77. The average Bonchev–Trinajstić information content (AvgIpc) is 2.07. The third-order valence-electron chi connectivity index (χ3n) is 1.80. The van der Waals surface area contributed by atoms with Crippen molar-refractivity contribution in [2.24, 2.45) is 0 Å². The van der Waals surface area contributed by atoms with E-state index in [0.29, 0.717) is 0 Å². The van der Waals surface area contributed by atoms with E-state index >= 15 is 0 Å². The lowest BCUT2D eigenvalue weighted by molar-refractivity contribution is 0.355. The third kappa shape index (κ3) is 1.18. The molecule has 2 heteroatoms. The highest BCUT2D eigenvalue weighted by Crippen LogP contribution is 2.26. The van der Waals surface area contributed by atoms with E-state index in [1.165, 1.54) is 0 Å². The van der Waals surface area contributed by atoms with E-state index in [0.717, 1.165) is 15.2 Å². The van der Waals surface area contributed by atoms with Crippen molar-refractivity contribution in [3.05, 3.63) is 40.9 Å². The van der Waals surface area contributed by atoms with Gasteiger partial charge in [0, 0.05) is 4.47 Å². The Balaban J connectivity index is 2.88. The molecule has 0 aliphatic carbocycles. The van der Waals surface area contributed by atoms with Crippen LogP contribution in [-0.2, 0) is 5.11 Å². The van der Waals surface area contributed by atoms with E-state index in [2.05, 4.69) is 15.9 Å². The first-order valence-corrected chi connectivity index (χ1v) is 4.42. The Morgan fingerprint density at radius 1 is 1.08 bits per heavy atom. The monoisotopic (exact) mass is 221 g/mol. The molecule has 0 saturated carbocycles. The molecule has 2 rings (SSSR count). The maximum atomic E-state index is 11.0. The van der Waals surface area contributed by atoms with E-state index in [1.807, 2.05) is 24.3 Å². The first-order chi connectivity index (χ1) is 5.77. The van der Waals surface area contributed by atoms with Crippen LogP contribution in [0.25, 0.3) is 10.8 Å². The van der Waals surface area contributed by atoms with Crippen LogP contribution in [0.15, 0.2) is 40.9 Å². The fourth-order valence-corrected chi connectivity index (χ4v) is 1.71. The van der Waals surface area contributed by atoms with Gasteiger partial charge in [0.25, 0.3) is 0 Å². The van der Waals surface area contributed by atoms with Gasteiger partial charge in [-0.05, 0) is 29.0 Å². The van der Waals surface area contributed by atoms with Crippen molar-refractivity contribution in [3.63, 3.8) is 0 Å². The third-order valence-corrected chi connectivity index (χ3v) is 2.49. The lowest BCUT2D eigenvalue weighted by Crippen LogP contribution is -1.72.